The highest BCUT2D eigenvalue weighted by Crippen LogP contribution is 2.38. The van der Waals surface area contributed by atoms with Crippen molar-refractivity contribution in [2.75, 3.05) is 13.1 Å². The maximum atomic E-state index is 12.4. The molecule has 2 fully saturated rings. The molecular weight excluding hydrogens is 304 g/mol. The minimum atomic E-state index is -0.195. The molecule has 2 unspecified atom stereocenters. The van der Waals surface area contributed by atoms with Gasteiger partial charge in [-0.1, -0.05) is 19.0 Å². The lowest BCUT2D eigenvalue weighted by molar-refractivity contribution is -0.126. The van der Waals surface area contributed by atoms with E-state index in [1.807, 2.05) is 0 Å². The molecule has 1 saturated carbocycles. The van der Waals surface area contributed by atoms with E-state index >= 15 is 0 Å². The average molecular weight is 329 g/mol. The molecule has 0 spiro atoms. The number of nitrogens with zero attached hydrogens (tertiary/aromatic N) is 2. The lowest BCUT2D eigenvalue weighted by Crippen LogP contribution is -2.42. The molecule has 0 bridgehead atoms. The van der Waals surface area contributed by atoms with E-state index in [-0.39, 0.29) is 36.2 Å². The maximum Gasteiger partial charge on any atom is 0.249 e. The third-order valence-corrected chi connectivity index (χ3v) is 4.30. The normalized spacial score (nSPS) is 23.0. The monoisotopic (exact) mass is 328 g/mol. The molecule has 22 heavy (non-hydrogen) atoms. The molecule has 3 rings (SSSR count). The Hall–Kier alpha value is -1.14. The predicted molar refractivity (Wildman–Crippen MR) is 84.8 cm³/mol. The van der Waals surface area contributed by atoms with E-state index in [0.29, 0.717) is 11.8 Å². The molecule has 1 aliphatic carbocycles. The quantitative estimate of drug-likeness (QED) is 0.866. The van der Waals surface area contributed by atoms with Crippen molar-refractivity contribution in [1.29, 1.82) is 0 Å². The number of hydrogen-bond acceptors (Lipinski definition) is 5. The van der Waals surface area contributed by atoms with Crippen LogP contribution in [-0.2, 0) is 4.79 Å². The van der Waals surface area contributed by atoms with Gasteiger partial charge in [0.15, 0.2) is 5.82 Å². The van der Waals surface area contributed by atoms with Crippen LogP contribution in [0.3, 0.4) is 0 Å². The molecule has 2 N–H and O–H groups in total. The Morgan fingerprint density at radius 2 is 2.14 bits per heavy atom. The fourth-order valence-electron chi connectivity index (χ4n) is 2.74. The summed E-state index contributed by atoms with van der Waals surface area (Å²) < 4.78 is 5.39. The number of hydrogen-bond donors (Lipinski definition) is 2. The summed E-state index contributed by atoms with van der Waals surface area (Å²) in [6.07, 6.45) is 4.29. The molecule has 2 aliphatic rings. The first kappa shape index (κ1) is 17.2. The van der Waals surface area contributed by atoms with Crippen molar-refractivity contribution in [2.45, 2.75) is 51.5 Å². The third-order valence-electron chi connectivity index (χ3n) is 4.30. The summed E-state index contributed by atoms with van der Waals surface area (Å²) in [6.45, 7) is 5.88. The molecule has 2 atom stereocenters. The van der Waals surface area contributed by atoms with Gasteiger partial charge in [-0.3, -0.25) is 4.79 Å². The summed E-state index contributed by atoms with van der Waals surface area (Å²) in [4.78, 5) is 16.9. The van der Waals surface area contributed by atoms with E-state index in [0.717, 1.165) is 44.6 Å². The largest absolute Gasteiger partial charge is 0.344 e. The molecule has 0 aromatic carbocycles. The van der Waals surface area contributed by atoms with Gasteiger partial charge in [0, 0.05) is 12.5 Å². The van der Waals surface area contributed by atoms with Gasteiger partial charge in [-0.25, -0.2) is 0 Å². The molecule has 1 aliphatic heterocycles. The van der Waals surface area contributed by atoms with Gasteiger partial charge < -0.3 is 15.2 Å². The van der Waals surface area contributed by atoms with Gasteiger partial charge in [0.25, 0.3) is 0 Å². The van der Waals surface area contributed by atoms with Crippen LogP contribution in [0.4, 0.5) is 0 Å². The zero-order valence-electron chi connectivity index (χ0n) is 13.2. The summed E-state index contributed by atoms with van der Waals surface area (Å²) in [5, 5.41) is 10.4. The summed E-state index contributed by atoms with van der Waals surface area (Å²) >= 11 is 0. The van der Waals surface area contributed by atoms with Crippen molar-refractivity contribution in [2.24, 2.45) is 11.8 Å². The standard InChI is InChI=1S/C15H24N4O2.ClH/c1-9(2)12(15-18-13(19-21-15)10-5-6-10)17-14(20)11-4-3-7-16-8-11;/h9-12,16H,3-8H2,1-2H3,(H,17,20);1H. The van der Waals surface area contributed by atoms with E-state index in [9.17, 15) is 4.79 Å². The van der Waals surface area contributed by atoms with Crippen LogP contribution >= 0.6 is 12.4 Å². The molecule has 6 nitrogen and oxygen atoms in total. The third kappa shape index (κ3) is 3.98. The van der Waals surface area contributed by atoms with E-state index in [1.165, 1.54) is 0 Å². The number of rotatable bonds is 5. The molecular formula is C15H25ClN4O2. The van der Waals surface area contributed by atoms with Crippen LogP contribution in [-0.4, -0.2) is 29.1 Å². The first-order valence-electron chi connectivity index (χ1n) is 7.99. The van der Waals surface area contributed by atoms with Crippen LogP contribution in [0.5, 0.6) is 0 Å². The summed E-state index contributed by atoms with van der Waals surface area (Å²) in [5.41, 5.74) is 0. The number of amides is 1. The topological polar surface area (TPSA) is 80.0 Å². The molecule has 2 heterocycles. The van der Waals surface area contributed by atoms with Gasteiger partial charge in [0.1, 0.15) is 6.04 Å². The van der Waals surface area contributed by atoms with Crippen molar-refractivity contribution < 1.29 is 9.32 Å². The van der Waals surface area contributed by atoms with Crippen LogP contribution in [0, 0.1) is 11.8 Å². The van der Waals surface area contributed by atoms with Gasteiger partial charge >= 0.3 is 0 Å². The summed E-state index contributed by atoms with van der Waals surface area (Å²) in [5.74, 6) is 2.16. The summed E-state index contributed by atoms with van der Waals surface area (Å²) in [6, 6.07) is -0.195. The number of carbonyl (C=O) groups is 1. The molecule has 1 aromatic rings. The lowest BCUT2D eigenvalue weighted by atomic mass is 9.97. The van der Waals surface area contributed by atoms with Gasteiger partial charge in [-0.15, -0.1) is 12.4 Å². The molecule has 124 valence electrons. The minimum absolute atomic E-state index is 0. The maximum absolute atomic E-state index is 12.4. The van der Waals surface area contributed by atoms with Crippen LogP contribution in [0.25, 0.3) is 0 Å². The Labute approximate surface area is 137 Å². The average Bonchev–Trinajstić information content (AvgIpc) is 3.23. The fraction of sp³-hybridized carbons (Fsp3) is 0.800. The smallest absolute Gasteiger partial charge is 0.249 e. The second-order valence-electron chi connectivity index (χ2n) is 6.54. The Bertz CT molecular complexity index is 495. The minimum Gasteiger partial charge on any atom is -0.344 e. The van der Waals surface area contributed by atoms with Gasteiger partial charge in [-0.05, 0) is 38.1 Å². The van der Waals surface area contributed by atoms with Gasteiger partial charge in [0.05, 0.1) is 5.92 Å². The Morgan fingerprint density at radius 3 is 2.73 bits per heavy atom. The van der Waals surface area contributed by atoms with Crippen LogP contribution in [0.2, 0.25) is 0 Å². The molecule has 1 saturated heterocycles. The van der Waals surface area contributed by atoms with Crippen molar-refractivity contribution in [3.63, 3.8) is 0 Å². The number of piperidine rings is 1. The molecule has 1 amide bonds. The molecule has 0 radical (unpaired) electrons. The Kier molecular flexibility index (Phi) is 5.81. The van der Waals surface area contributed by atoms with E-state index in [4.69, 9.17) is 4.52 Å². The number of carbonyl (C=O) groups excluding carboxylic acids is 1. The van der Waals surface area contributed by atoms with E-state index in [1.54, 1.807) is 0 Å². The lowest BCUT2D eigenvalue weighted by Gasteiger charge is -2.25. The summed E-state index contributed by atoms with van der Waals surface area (Å²) in [7, 11) is 0. The van der Waals surface area contributed by atoms with Gasteiger partial charge in [0.2, 0.25) is 11.8 Å². The zero-order valence-corrected chi connectivity index (χ0v) is 14.0. The predicted octanol–water partition coefficient (Wildman–Crippen LogP) is 2.18. The van der Waals surface area contributed by atoms with Crippen LogP contribution in [0.15, 0.2) is 4.52 Å². The van der Waals surface area contributed by atoms with Crippen molar-refractivity contribution >= 4 is 18.3 Å². The fourth-order valence-corrected chi connectivity index (χ4v) is 2.74. The molecule has 7 heteroatoms. The van der Waals surface area contributed by atoms with Crippen molar-refractivity contribution in [1.82, 2.24) is 20.8 Å². The second-order valence-corrected chi connectivity index (χ2v) is 6.54. The van der Waals surface area contributed by atoms with Crippen molar-refractivity contribution in [3.05, 3.63) is 11.7 Å². The molecule has 1 aromatic heterocycles. The zero-order chi connectivity index (χ0) is 14.8. The van der Waals surface area contributed by atoms with E-state index in [2.05, 4.69) is 34.6 Å². The van der Waals surface area contributed by atoms with Gasteiger partial charge in [-0.2, -0.15) is 4.98 Å². The highest BCUT2D eigenvalue weighted by atomic mass is 35.5. The number of nitrogens with one attached hydrogen (secondary N) is 2. The number of halogens is 1. The number of aromatic nitrogens is 2. The SMILES string of the molecule is CC(C)C(NC(=O)C1CCCNC1)c1nc(C2CC2)no1.Cl. The highest BCUT2D eigenvalue weighted by molar-refractivity contribution is 5.85. The Balaban J connectivity index is 0.00000176. The van der Waals surface area contributed by atoms with Crippen LogP contribution in [0.1, 0.15) is 63.2 Å². The second kappa shape index (κ2) is 7.42. The van der Waals surface area contributed by atoms with Crippen molar-refractivity contribution in [3.8, 4) is 0 Å². The first-order chi connectivity index (χ1) is 10.1. The first-order valence-corrected chi connectivity index (χ1v) is 7.99. The van der Waals surface area contributed by atoms with Crippen LogP contribution < -0.4 is 10.6 Å². The Morgan fingerprint density at radius 1 is 1.36 bits per heavy atom. The van der Waals surface area contributed by atoms with E-state index < -0.39 is 0 Å². The highest BCUT2D eigenvalue weighted by Gasteiger charge is 2.32.